The van der Waals surface area contributed by atoms with Gasteiger partial charge in [0.15, 0.2) is 0 Å². The van der Waals surface area contributed by atoms with Crippen molar-refractivity contribution in [3.63, 3.8) is 0 Å². The zero-order chi connectivity index (χ0) is 17.0. The van der Waals surface area contributed by atoms with Crippen LogP contribution in [0.5, 0.6) is 0 Å². The van der Waals surface area contributed by atoms with Crippen molar-refractivity contribution in [3.8, 4) is 0 Å². The van der Waals surface area contributed by atoms with Gasteiger partial charge in [-0.25, -0.2) is 9.18 Å². The molecule has 0 radical (unpaired) electrons. The highest BCUT2D eigenvalue weighted by atomic mass is 35.5. The van der Waals surface area contributed by atoms with Gasteiger partial charge >= 0.3 is 6.09 Å². The zero-order valence-corrected chi connectivity index (χ0v) is 14.5. The molecule has 2 rings (SSSR count). The Labute approximate surface area is 141 Å². The van der Waals surface area contributed by atoms with Crippen molar-refractivity contribution in [1.82, 2.24) is 5.32 Å². The van der Waals surface area contributed by atoms with Crippen molar-refractivity contribution < 1.29 is 13.9 Å². The van der Waals surface area contributed by atoms with Gasteiger partial charge in [0, 0.05) is 18.3 Å². The first-order valence-corrected chi connectivity index (χ1v) is 8.31. The Bertz CT molecular complexity index is 560. The van der Waals surface area contributed by atoms with Crippen LogP contribution < -0.4 is 10.6 Å². The highest BCUT2D eigenvalue weighted by Gasteiger charge is 2.28. The summed E-state index contributed by atoms with van der Waals surface area (Å²) in [6.45, 7) is 6.07. The van der Waals surface area contributed by atoms with Crippen LogP contribution in [-0.4, -0.2) is 24.3 Å². The van der Waals surface area contributed by atoms with E-state index < -0.39 is 17.5 Å². The summed E-state index contributed by atoms with van der Waals surface area (Å²) < 4.78 is 18.5. The molecule has 1 amide bonds. The fourth-order valence-corrected chi connectivity index (χ4v) is 2.98. The molecular formula is C17H24ClFN2O2. The average molecular weight is 343 g/mol. The molecule has 1 aliphatic rings. The van der Waals surface area contributed by atoms with E-state index in [1.165, 1.54) is 6.07 Å². The lowest BCUT2D eigenvalue weighted by Gasteiger charge is -2.24. The van der Waals surface area contributed by atoms with Crippen LogP contribution in [0, 0.1) is 11.7 Å². The number of halogens is 2. The van der Waals surface area contributed by atoms with Crippen molar-refractivity contribution in [2.24, 2.45) is 5.92 Å². The SMILES string of the molecule is CC(C)(C)OC(=O)NCC1CCCC1Nc1ccc(F)c(Cl)c1. The summed E-state index contributed by atoms with van der Waals surface area (Å²) in [4.78, 5) is 11.7. The molecule has 2 atom stereocenters. The van der Waals surface area contributed by atoms with E-state index in [0.29, 0.717) is 12.5 Å². The number of hydrogen-bond acceptors (Lipinski definition) is 3. The van der Waals surface area contributed by atoms with Crippen LogP contribution in [0.4, 0.5) is 14.9 Å². The van der Waals surface area contributed by atoms with Crippen molar-refractivity contribution in [2.45, 2.75) is 51.7 Å². The molecule has 0 heterocycles. The summed E-state index contributed by atoms with van der Waals surface area (Å²) in [6, 6.07) is 4.85. The molecule has 1 saturated carbocycles. The van der Waals surface area contributed by atoms with E-state index in [9.17, 15) is 9.18 Å². The minimum absolute atomic E-state index is 0.108. The Morgan fingerprint density at radius 2 is 2.13 bits per heavy atom. The normalized spacial score (nSPS) is 21.1. The molecule has 2 unspecified atom stereocenters. The van der Waals surface area contributed by atoms with Crippen molar-refractivity contribution in [3.05, 3.63) is 29.0 Å². The number of anilines is 1. The largest absolute Gasteiger partial charge is 0.444 e. The second-order valence-electron chi connectivity index (χ2n) is 6.95. The highest BCUT2D eigenvalue weighted by molar-refractivity contribution is 6.31. The monoisotopic (exact) mass is 342 g/mol. The molecule has 1 aromatic rings. The molecule has 1 fully saturated rings. The van der Waals surface area contributed by atoms with Gasteiger partial charge in [0.05, 0.1) is 5.02 Å². The molecule has 0 aromatic heterocycles. The molecule has 6 heteroatoms. The minimum Gasteiger partial charge on any atom is -0.444 e. The van der Waals surface area contributed by atoms with Crippen LogP contribution in [-0.2, 0) is 4.74 Å². The molecule has 1 aromatic carbocycles. The molecule has 23 heavy (non-hydrogen) atoms. The molecule has 4 nitrogen and oxygen atoms in total. The van der Waals surface area contributed by atoms with Crippen molar-refractivity contribution >= 4 is 23.4 Å². The smallest absolute Gasteiger partial charge is 0.407 e. The van der Waals surface area contributed by atoms with E-state index in [2.05, 4.69) is 10.6 Å². The van der Waals surface area contributed by atoms with Gasteiger partial charge in [0.25, 0.3) is 0 Å². The Morgan fingerprint density at radius 3 is 2.78 bits per heavy atom. The van der Waals surface area contributed by atoms with Gasteiger partial charge in [-0.15, -0.1) is 0 Å². The first-order valence-electron chi connectivity index (χ1n) is 7.93. The summed E-state index contributed by atoms with van der Waals surface area (Å²) in [6.07, 6.45) is 2.73. The first kappa shape index (κ1) is 17.9. The fourth-order valence-electron chi connectivity index (χ4n) is 2.80. The lowest BCUT2D eigenvalue weighted by molar-refractivity contribution is 0.0519. The summed E-state index contributed by atoms with van der Waals surface area (Å²) in [5.41, 5.74) is 0.299. The van der Waals surface area contributed by atoms with Crippen LogP contribution in [0.2, 0.25) is 5.02 Å². The standard InChI is InChI=1S/C17H24ClFN2O2/c1-17(2,3)23-16(22)20-10-11-5-4-6-15(11)21-12-7-8-14(19)13(18)9-12/h7-9,11,15,21H,4-6,10H2,1-3H3,(H,20,22). The quantitative estimate of drug-likeness (QED) is 0.841. The third-order valence-corrected chi connectivity index (χ3v) is 4.13. The second kappa shape index (κ2) is 7.39. The molecular weight excluding hydrogens is 319 g/mol. The topological polar surface area (TPSA) is 50.4 Å². The van der Waals surface area contributed by atoms with Gasteiger partial charge in [0.1, 0.15) is 11.4 Å². The number of benzene rings is 1. The first-order chi connectivity index (χ1) is 10.7. The number of ether oxygens (including phenoxy) is 1. The van der Waals surface area contributed by atoms with Gasteiger partial charge in [0.2, 0.25) is 0 Å². The van der Waals surface area contributed by atoms with Crippen LogP contribution in [0.3, 0.4) is 0 Å². The molecule has 0 bridgehead atoms. The zero-order valence-electron chi connectivity index (χ0n) is 13.8. The van der Waals surface area contributed by atoms with Crippen LogP contribution in [0.25, 0.3) is 0 Å². The van der Waals surface area contributed by atoms with Gasteiger partial charge in [-0.1, -0.05) is 18.0 Å². The molecule has 0 spiro atoms. The number of carbonyl (C=O) groups is 1. The van der Waals surface area contributed by atoms with Crippen LogP contribution in [0.15, 0.2) is 18.2 Å². The minimum atomic E-state index is -0.498. The average Bonchev–Trinajstić information content (AvgIpc) is 2.86. The van der Waals surface area contributed by atoms with E-state index in [1.54, 1.807) is 12.1 Å². The Balaban J connectivity index is 1.87. The predicted molar refractivity (Wildman–Crippen MR) is 90.4 cm³/mol. The van der Waals surface area contributed by atoms with E-state index in [0.717, 1.165) is 24.9 Å². The number of carbonyl (C=O) groups excluding carboxylic acids is 1. The second-order valence-corrected chi connectivity index (χ2v) is 7.36. The highest BCUT2D eigenvalue weighted by Crippen LogP contribution is 2.29. The summed E-state index contributed by atoms with van der Waals surface area (Å²) in [5.74, 6) is -0.113. The van der Waals surface area contributed by atoms with Crippen LogP contribution in [0.1, 0.15) is 40.0 Å². The molecule has 2 N–H and O–H groups in total. The van der Waals surface area contributed by atoms with E-state index in [-0.39, 0.29) is 11.1 Å². The number of amides is 1. The van der Waals surface area contributed by atoms with Crippen molar-refractivity contribution in [1.29, 1.82) is 0 Å². The van der Waals surface area contributed by atoms with Gasteiger partial charge < -0.3 is 15.4 Å². The number of nitrogens with one attached hydrogen (secondary N) is 2. The number of alkyl carbamates (subject to hydrolysis) is 1. The van der Waals surface area contributed by atoms with Crippen molar-refractivity contribution in [2.75, 3.05) is 11.9 Å². The van der Waals surface area contributed by atoms with E-state index in [1.807, 2.05) is 20.8 Å². The van der Waals surface area contributed by atoms with E-state index in [4.69, 9.17) is 16.3 Å². The fraction of sp³-hybridized carbons (Fsp3) is 0.588. The number of rotatable bonds is 4. The third kappa shape index (κ3) is 5.57. The number of hydrogen-bond donors (Lipinski definition) is 2. The summed E-state index contributed by atoms with van der Waals surface area (Å²) in [7, 11) is 0. The Hall–Kier alpha value is -1.49. The predicted octanol–water partition coefficient (Wildman–Crippen LogP) is 4.58. The Kier molecular flexibility index (Phi) is 5.74. The molecule has 0 saturated heterocycles. The molecule has 0 aliphatic heterocycles. The lowest BCUT2D eigenvalue weighted by atomic mass is 10.0. The Morgan fingerprint density at radius 1 is 1.39 bits per heavy atom. The van der Waals surface area contributed by atoms with Gasteiger partial charge in [-0.2, -0.15) is 0 Å². The maximum Gasteiger partial charge on any atom is 0.407 e. The summed E-state index contributed by atoms with van der Waals surface area (Å²) in [5, 5.41) is 6.33. The maximum atomic E-state index is 13.2. The van der Waals surface area contributed by atoms with Gasteiger partial charge in [-0.3, -0.25) is 0 Å². The van der Waals surface area contributed by atoms with Crippen LogP contribution >= 0.6 is 11.6 Å². The molecule has 128 valence electrons. The lowest BCUT2D eigenvalue weighted by Crippen LogP contribution is -2.38. The van der Waals surface area contributed by atoms with Gasteiger partial charge in [-0.05, 0) is 57.7 Å². The molecule has 1 aliphatic carbocycles. The third-order valence-electron chi connectivity index (χ3n) is 3.84. The van der Waals surface area contributed by atoms with E-state index >= 15 is 0 Å². The maximum absolute atomic E-state index is 13.2. The summed E-state index contributed by atoms with van der Waals surface area (Å²) >= 11 is 5.81.